The van der Waals surface area contributed by atoms with E-state index in [9.17, 15) is 4.79 Å². The Kier molecular flexibility index (Phi) is 6.50. The van der Waals surface area contributed by atoms with E-state index in [1.165, 1.54) is 5.56 Å². The minimum atomic E-state index is -0.518. The van der Waals surface area contributed by atoms with Crippen LogP contribution in [0.1, 0.15) is 37.6 Å². The van der Waals surface area contributed by atoms with Crippen molar-refractivity contribution < 1.29 is 9.53 Å². The second-order valence-electron chi connectivity index (χ2n) is 9.03. The molecule has 1 amide bonds. The first-order valence-electron chi connectivity index (χ1n) is 10.8. The van der Waals surface area contributed by atoms with E-state index >= 15 is 0 Å². The number of carbonyl (C=O) groups is 1. The summed E-state index contributed by atoms with van der Waals surface area (Å²) in [5, 5.41) is 6.39. The molecule has 3 aromatic rings. The summed E-state index contributed by atoms with van der Waals surface area (Å²) >= 11 is 12.2. The third kappa shape index (κ3) is 5.28. The summed E-state index contributed by atoms with van der Waals surface area (Å²) in [6.45, 7) is 7.49. The highest BCUT2D eigenvalue weighted by Gasteiger charge is 2.28. The highest BCUT2D eigenvalue weighted by molar-refractivity contribution is 6.30. The molecule has 4 rings (SSSR count). The van der Waals surface area contributed by atoms with Gasteiger partial charge >= 0.3 is 6.09 Å². The number of benzene rings is 2. The Morgan fingerprint density at radius 3 is 2.19 bits per heavy atom. The normalized spacial score (nSPS) is 14.1. The van der Waals surface area contributed by atoms with Crippen molar-refractivity contribution in [3.8, 4) is 11.3 Å². The molecular formula is C25H27Cl2N3O2. The van der Waals surface area contributed by atoms with E-state index in [-0.39, 0.29) is 6.09 Å². The van der Waals surface area contributed by atoms with Gasteiger partial charge in [-0.25, -0.2) is 4.79 Å². The maximum atomic E-state index is 12.7. The van der Waals surface area contributed by atoms with Crippen molar-refractivity contribution in [3.63, 3.8) is 0 Å². The zero-order valence-electron chi connectivity index (χ0n) is 18.6. The second-order valence-corrected chi connectivity index (χ2v) is 9.91. The second kappa shape index (κ2) is 9.16. The molecule has 1 aliphatic rings. The number of aromatic nitrogens is 2. The lowest BCUT2D eigenvalue weighted by molar-refractivity contribution is 0.0258. The van der Waals surface area contributed by atoms with Gasteiger partial charge in [0.1, 0.15) is 5.60 Å². The fraction of sp³-hybridized carbons (Fsp3) is 0.360. The van der Waals surface area contributed by atoms with Gasteiger partial charge in [-0.2, -0.15) is 5.10 Å². The smallest absolute Gasteiger partial charge is 0.410 e. The van der Waals surface area contributed by atoms with Gasteiger partial charge in [0.15, 0.2) is 0 Å². The molecule has 0 bridgehead atoms. The van der Waals surface area contributed by atoms with E-state index in [2.05, 4.69) is 4.68 Å². The number of hydrogen-bond donors (Lipinski definition) is 0. The van der Waals surface area contributed by atoms with Crippen LogP contribution in [0, 0.1) is 0 Å². The number of nitrogens with zero attached hydrogens (tertiary/aromatic N) is 3. The Bertz CT molecular complexity index is 1100. The summed E-state index contributed by atoms with van der Waals surface area (Å²) in [6.07, 6.45) is 1.16. The molecular weight excluding hydrogens is 445 g/mol. The summed E-state index contributed by atoms with van der Waals surface area (Å²) in [6, 6.07) is 15.6. The molecule has 1 aliphatic heterocycles. The van der Waals surface area contributed by atoms with Crippen LogP contribution in [0.2, 0.25) is 10.0 Å². The highest BCUT2D eigenvalue weighted by atomic mass is 35.5. The zero-order valence-corrected chi connectivity index (χ0v) is 20.1. The van der Waals surface area contributed by atoms with E-state index in [1.807, 2.05) is 69.3 Å². The molecule has 0 N–H and O–H groups in total. The Labute approximate surface area is 198 Å². The van der Waals surface area contributed by atoms with Crippen molar-refractivity contribution in [1.82, 2.24) is 14.7 Å². The largest absolute Gasteiger partial charge is 0.444 e. The van der Waals surface area contributed by atoms with Crippen molar-refractivity contribution in [2.24, 2.45) is 0 Å². The van der Waals surface area contributed by atoms with E-state index in [0.29, 0.717) is 42.5 Å². The fourth-order valence-electron chi connectivity index (χ4n) is 3.92. The van der Waals surface area contributed by atoms with E-state index in [0.717, 1.165) is 22.5 Å². The monoisotopic (exact) mass is 471 g/mol. The number of fused-ring (bicyclic) bond motifs is 1. The quantitative estimate of drug-likeness (QED) is 0.453. The number of ether oxygens (including phenoxy) is 1. The Hall–Kier alpha value is -2.50. The van der Waals surface area contributed by atoms with E-state index in [1.54, 1.807) is 4.90 Å². The number of halogens is 2. The maximum absolute atomic E-state index is 12.7. The highest BCUT2D eigenvalue weighted by Crippen LogP contribution is 2.30. The van der Waals surface area contributed by atoms with Crippen LogP contribution in [0.15, 0.2) is 48.5 Å². The molecule has 168 valence electrons. The number of hydrogen-bond acceptors (Lipinski definition) is 3. The van der Waals surface area contributed by atoms with Gasteiger partial charge in [0.05, 0.1) is 12.2 Å². The molecule has 5 nitrogen and oxygen atoms in total. The first-order chi connectivity index (χ1) is 15.2. The molecule has 0 atom stereocenters. The van der Waals surface area contributed by atoms with Crippen molar-refractivity contribution in [1.29, 1.82) is 0 Å². The van der Waals surface area contributed by atoms with Crippen molar-refractivity contribution in [2.75, 3.05) is 13.1 Å². The Balaban J connectivity index is 1.67. The molecule has 2 aromatic carbocycles. The van der Waals surface area contributed by atoms with Gasteiger partial charge in [0.2, 0.25) is 0 Å². The summed E-state index contributed by atoms with van der Waals surface area (Å²) in [5.74, 6) is 0. The Morgan fingerprint density at radius 1 is 0.969 bits per heavy atom. The lowest BCUT2D eigenvalue weighted by Crippen LogP contribution is -2.38. The third-order valence-electron chi connectivity index (χ3n) is 5.43. The molecule has 0 spiro atoms. The predicted molar refractivity (Wildman–Crippen MR) is 128 cm³/mol. The van der Waals surface area contributed by atoms with Gasteiger partial charge in [-0.15, -0.1) is 0 Å². The number of carbonyl (C=O) groups excluding carboxylic acids is 1. The SMILES string of the molecule is CC(C)(C)OC(=O)N1CCc2c(-c3ccc(Cl)cc3)nn(Cc3ccc(Cl)cc3)c2CC1. The zero-order chi connectivity index (χ0) is 22.9. The minimum absolute atomic E-state index is 0.270. The lowest BCUT2D eigenvalue weighted by atomic mass is 10.0. The van der Waals surface area contributed by atoms with Crippen LogP contribution in [-0.4, -0.2) is 39.5 Å². The standard InChI is InChI=1S/C25H27Cl2N3O2/c1-25(2,3)32-24(31)29-14-12-21-22(13-15-29)30(16-17-4-8-19(26)9-5-17)28-23(21)18-6-10-20(27)11-7-18/h4-11H,12-16H2,1-3H3. The first kappa shape index (κ1) is 22.7. The molecule has 0 unspecified atom stereocenters. The lowest BCUT2D eigenvalue weighted by Gasteiger charge is -2.26. The van der Waals surface area contributed by atoms with Crippen LogP contribution >= 0.6 is 23.2 Å². The average Bonchev–Trinajstić information content (AvgIpc) is 2.91. The summed E-state index contributed by atoms with van der Waals surface area (Å²) < 4.78 is 7.67. The first-order valence-corrected chi connectivity index (χ1v) is 11.5. The van der Waals surface area contributed by atoms with E-state index < -0.39 is 5.60 Å². The number of rotatable bonds is 3. The predicted octanol–water partition coefficient (Wildman–Crippen LogP) is 6.24. The van der Waals surface area contributed by atoms with Gasteiger partial charge in [0, 0.05) is 46.4 Å². The summed E-state index contributed by atoms with van der Waals surface area (Å²) in [5.41, 5.74) is 4.89. The molecule has 0 aliphatic carbocycles. The van der Waals surface area contributed by atoms with Gasteiger partial charge < -0.3 is 9.64 Å². The average molecular weight is 472 g/mol. The molecule has 32 heavy (non-hydrogen) atoms. The number of amides is 1. The molecule has 0 saturated carbocycles. The molecule has 0 saturated heterocycles. The van der Waals surface area contributed by atoms with Crippen LogP contribution in [0.25, 0.3) is 11.3 Å². The maximum Gasteiger partial charge on any atom is 0.410 e. The summed E-state index contributed by atoms with van der Waals surface area (Å²) in [4.78, 5) is 14.5. The van der Waals surface area contributed by atoms with Crippen LogP contribution in [0.4, 0.5) is 4.79 Å². The molecule has 2 heterocycles. The molecule has 1 aromatic heterocycles. The summed E-state index contributed by atoms with van der Waals surface area (Å²) in [7, 11) is 0. The van der Waals surface area contributed by atoms with Gasteiger partial charge in [0.25, 0.3) is 0 Å². The van der Waals surface area contributed by atoms with Crippen LogP contribution in [-0.2, 0) is 24.1 Å². The van der Waals surface area contributed by atoms with Crippen LogP contribution < -0.4 is 0 Å². The Morgan fingerprint density at radius 2 is 1.56 bits per heavy atom. The third-order valence-corrected chi connectivity index (χ3v) is 5.94. The van der Waals surface area contributed by atoms with Crippen molar-refractivity contribution in [2.45, 2.75) is 45.8 Å². The van der Waals surface area contributed by atoms with Gasteiger partial charge in [-0.05, 0) is 57.0 Å². The van der Waals surface area contributed by atoms with Crippen LogP contribution in [0.3, 0.4) is 0 Å². The van der Waals surface area contributed by atoms with Crippen molar-refractivity contribution in [3.05, 3.63) is 75.4 Å². The fourth-order valence-corrected chi connectivity index (χ4v) is 4.17. The van der Waals surface area contributed by atoms with Crippen LogP contribution in [0.5, 0.6) is 0 Å². The molecule has 0 fully saturated rings. The van der Waals surface area contributed by atoms with Gasteiger partial charge in [-0.3, -0.25) is 4.68 Å². The minimum Gasteiger partial charge on any atom is -0.444 e. The van der Waals surface area contributed by atoms with Crippen molar-refractivity contribution >= 4 is 29.3 Å². The van der Waals surface area contributed by atoms with Gasteiger partial charge in [-0.1, -0.05) is 47.5 Å². The van der Waals surface area contributed by atoms with E-state index in [4.69, 9.17) is 33.0 Å². The topological polar surface area (TPSA) is 47.4 Å². The molecule has 7 heteroatoms. The molecule has 0 radical (unpaired) electrons.